The van der Waals surface area contributed by atoms with Crippen LogP contribution in [0.1, 0.15) is 62.2 Å². The van der Waals surface area contributed by atoms with E-state index in [4.69, 9.17) is 4.52 Å². The molecule has 2 aromatic rings. The fourth-order valence-corrected chi connectivity index (χ4v) is 5.49. The average molecular weight is 377 g/mol. The molecule has 0 bridgehead atoms. The SMILES string of the molecule is CCc1onc(C)c1[C@@H]1CCCN1S(=O)(=O)c1ccc(CC(C)C)cc1. The van der Waals surface area contributed by atoms with Crippen LogP contribution in [0.25, 0.3) is 0 Å². The monoisotopic (exact) mass is 376 g/mol. The van der Waals surface area contributed by atoms with Gasteiger partial charge in [-0.25, -0.2) is 8.42 Å². The molecule has 0 spiro atoms. The summed E-state index contributed by atoms with van der Waals surface area (Å²) in [6.07, 6.45) is 3.32. The first-order valence-corrected chi connectivity index (χ1v) is 10.8. The molecule has 1 aromatic heterocycles. The van der Waals surface area contributed by atoms with Crippen LogP contribution in [0.5, 0.6) is 0 Å². The van der Waals surface area contributed by atoms with Crippen LogP contribution in [0.3, 0.4) is 0 Å². The van der Waals surface area contributed by atoms with Gasteiger partial charge in [0.25, 0.3) is 0 Å². The van der Waals surface area contributed by atoms with Crippen LogP contribution >= 0.6 is 0 Å². The smallest absolute Gasteiger partial charge is 0.243 e. The quantitative estimate of drug-likeness (QED) is 0.755. The van der Waals surface area contributed by atoms with E-state index in [9.17, 15) is 8.42 Å². The molecule has 1 aromatic carbocycles. The molecular formula is C20H28N2O3S. The zero-order chi connectivity index (χ0) is 18.9. The Labute approximate surface area is 156 Å². The van der Waals surface area contributed by atoms with Crippen molar-refractivity contribution in [2.45, 2.75) is 64.3 Å². The van der Waals surface area contributed by atoms with Crippen molar-refractivity contribution < 1.29 is 12.9 Å². The lowest BCUT2D eigenvalue weighted by atomic mass is 10.0. The van der Waals surface area contributed by atoms with Gasteiger partial charge in [-0.1, -0.05) is 38.1 Å². The Bertz CT molecular complexity index is 854. The molecule has 1 saturated heterocycles. The largest absolute Gasteiger partial charge is 0.361 e. The van der Waals surface area contributed by atoms with Crippen LogP contribution in [-0.4, -0.2) is 24.4 Å². The molecule has 1 fully saturated rings. The highest BCUT2D eigenvalue weighted by Crippen LogP contribution is 2.39. The Morgan fingerprint density at radius 2 is 1.96 bits per heavy atom. The minimum atomic E-state index is -3.54. The van der Waals surface area contributed by atoms with E-state index in [0.29, 0.717) is 23.8 Å². The van der Waals surface area contributed by atoms with Gasteiger partial charge in [0.2, 0.25) is 10.0 Å². The van der Waals surface area contributed by atoms with E-state index >= 15 is 0 Å². The fraction of sp³-hybridized carbons (Fsp3) is 0.550. The summed E-state index contributed by atoms with van der Waals surface area (Å²) in [6, 6.07) is 7.16. The Balaban J connectivity index is 1.92. The number of nitrogens with zero attached hydrogens (tertiary/aromatic N) is 2. The topological polar surface area (TPSA) is 63.4 Å². The summed E-state index contributed by atoms with van der Waals surface area (Å²) in [4.78, 5) is 0.365. The van der Waals surface area contributed by atoms with Gasteiger partial charge >= 0.3 is 0 Å². The summed E-state index contributed by atoms with van der Waals surface area (Å²) in [7, 11) is -3.54. The molecule has 0 amide bonds. The Hall–Kier alpha value is -1.66. The predicted octanol–water partition coefficient (Wildman–Crippen LogP) is 4.27. The highest BCUT2D eigenvalue weighted by atomic mass is 32.2. The number of aryl methyl sites for hydroxylation is 2. The minimum Gasteiger partial charge on any atom is -0.361 e. The lowest BCUT2D eigenvalue weighted by molar-refractivity contribution is 0.368. The summed E-state index contributed by atoms with van der Waals surface area (Å²) in [5.41, 5.74) is 2.91. The van der Waals surface area contributed by atoms with E-state index in [1.54, 1.807) is 16.4 Å². The molecule has 1 aliphatic heterocycles. The maximum Gasteiger partial charge on any atom is 0.243 e. The van der Waals surface area contributed by atoms with Crippen molar-refractivity contribution in [1.29, 1.82) is 0 Å². The molecule has 3 rings (SSSR count). The van der Waals surface area contributed by atoms with Crippen molar-refractivity contribution in [1.82, 2.24) is 9.46 Å². The van der Waals surface area contributed by atoms with Gasteiger partial charge in [0, 0.05) is 18.5 Å². The van der Waals surface area contributed by atoms with Crippen molar-refractivity contribution in [2.24, 2.45) is 5.92 Å². The molecule has 5 nitrogen and oxygen atoms in total. The van der Waals surface area contributed by atoms with Crippen LogP contribution in [0.15, 0.2) is 33.7 Å². The lowest BCUT2D eigenvalue weighted by Crippen LogP contribution is -2.31. The van der Waals surface area contributed by atoms with Crippen molar-refractivity contribution >= 4 is 10.0 Å². The van der Waals surface area contributed by atoms with E-state index < -0.39 is 10.0 Å². The number of hydrogen-bond acceptors (Lipinski definition) is 4. The maximum atomic E-state index is 13.3. The Morgan fingerprint density at radius 3 is 2.58 bits per heavy atom. The second-order valence-electron chi connectivity index (χ2n) is 7.47. The lowest BCUT2D eigenvalue weighted by Gasteiger charge is -2.24. The highest BCUT2D eigenvalue weighted by Gasteiger charge is 2.39. The van der Waals surface area contributed by atoms with Gasteiger partial charge in [0.1, 0.15) is 5.76 Å². The van der Waals surface area contributed by atoms with Crippen LogP contribution in [0, 0.1) is 12.8 Å². The highest BCUT2D eigenvalue weighted by molar-refractivity contribution is 7.89. The molecule has 0 N–H and O–H groups in total. The maximum absolute atomic E-state index is 13.3. The standard InChI is InChI=1S/C20H28N2O3S/c1-5-19-20(15(4)21-25-19)18-7-6-12-22(18)26(23,24)17-10-8-16(9-11-17)13-14(2)3/h8-11,14,18H,5-7,12-13H2,1-4H3/t18-/m0/s1. The number of sulfonamides is 1. The zero-order valence-electron chi connectivity index (χ0n) is 16.0. The molecule has 1 atom stereocenters. The first-order valence-electron chi connectivity index (χ1n) is 9.40. The van der Waals surface area contributed by atoms with Crippen molar-refractivity contribution in [3.05, 3.63) is 46.8 Å². The number of hydrogen-bond donors (Lipinski definition) is 0. The Kier molecular flexibility index (Phi) is 5.53. The number of benzene rings is 1. The summed E-state index contributed by atoms with van der Waals surface area (Å²) >= 11 is 0. The van der Waals surface area contributed by atoms with E-state index in [1.165, 1.54) is 5.56 Å². The van der Waals surface area contributed by atoms with Gasteiger partial charge in [-0.15, -0.1) is 0 Å². The summed E-state index contributed by atoms with van der Waals surface area (Å²) in [5.74, 6) is 1.34. The van der Waals surface area contributed by atoms with E-state index in [0.717, 1.165) is 36.3 Å². The number of aromatic nitrogens is 1. The molecular weight excluding hydrogens is 348 g/mol. The second kappa shape index (κ2) is 7.53. The van der Waals surface area contributed by atoms with Crippen molar-refractivity contribution in [3.8, 4) is 0 Å². The van der Waals surface area contributed by atoms with Crippen LogP contribution in [0.4, 0.5) is 0 Å². The van der Waals surface area contributed by atoms with Crippen LogP contribution in [-0.2, 0) is 22.9 Å². The third-order valence-electron chi connectivity index (χ3n) is 5.01. The molecule has 2 heterocycles. The molecule has 26 heavy (non-hydrogen) atoms. The first kappa shape index (κ1) is 19.1. The van der Waals surface area contributed by atoms with Crippen molar-refractivity contribution in [3.63, 3.8) is 0 Å². The van der Waals surface area contributed by atoms with Crippen LogP contribution < -0.4 is 0 Å². The minimum absolute atomic E-state index is 0.184. The molecule has 142 valence electrons. The van der Waals surface area contributed by atoms with Gasteiger partial charge < -0.3 is 4.52 Å². The average Bonchev–Trinajstić information content (AvgIpc) is 3.21. The van der Waals surface area contributed by atoms with Gasteiger partial charge in [0.05, 0.1) is 16.6 Å². The van der Waals surface area contributed by atoms with Gasteiger partial charge in [-0.05, 0) is 49.8 Å². The molecule has 0 unspecified atom stereocenters. The molecule has 0 saturated carbocycles. The number of rotatable bonds is 6. The summed E-state index contributed by atoms with van der Waals surface area (Å²) in [5, 5.41) is 4.06. The van der Waals surface area contributed by atoms with Gasteiger partial charge in [0.15, 0.2) is 0 Å². The molecule has 1 aliphatic rings. The van der Waals surface area contributed by atoms with E-state index in [2.05, 4.69) is 19.0 Å². The molecule has 0 radical (unpaired) electrons. The first-order chi connectivity index (χ1) is 12.3. The van der Waals surface area contributed by atoms with E-state index in [1.807, 2.05) is 26.0 Å². The van der Waals surface area contributed by atoms with Crippen molar-refractivity contribution in [2.75, 3.05) is 6.54 Å². The normalized spacial score (nSPS) is 18.7. The molecule has 6 heteroatoms. The van der Waals surface area contributed by atoms with Gasteiger partial charge in [-0.3, -0.25) is 0 Å². The van der Waals surface area contributed by atoms with Gasteiger partial charge in [-0.2, -0.15) is 4.31 Å². The summed E-state index contributed by atoms with van der Waals surface area (Å²) in [6.45, 7) is 8.75. The third kappa shape index (κ3) is 3.58. The third-order valence-corrected chi connectivity index (χ3v) is 6.94. The second-order valence-corrected chi connectivity index (χ2v) is 9.36. The summed E-state index contributed by atoms with van der Waals surface area (Å²) < 4.78 is 33.6. The molecule has 0 aliphatic carbocycles. The Morgan fingerprint density at radius 1 is 1.27 bits per heavy atom. The fourth-order valence-electron chi connectivity index (χ4n) is 3.83. The van der Waals surface area contributed by atoms with Crippen LogP contribution in [0.2, 0.25) is 0 Å². The van der Waals surface area contributed by atoms with E-state index in [-0.39, 0.29) is 6.04 Å². The predicted molar refractivity (Wildman–Crippen MR) is 101 cm³/mol. The zero-order valence-corrected chi connectivity index (χ0v) is 16.8.